The monoisotopic (exact) mass is 319 g/mol. The Bertz CT molecular complexity index is 484. The Morgan fingerprint density at radius 1 is 1.29 bits per heavy atom. The van der Waals surface area contributed by atoms with E-state index in [9.17, 15) is 13.2 Å². The minimum absolute atomic E-state index is 0.119. The fourth-order valence-electron chi connectivity index (χ4n) is 2.16. The molecule has 1 saturated heterocycles. The van der Waals surface area contributed by atoms with Crippen LogP contribution in [-0.4, -0.2) is 31.6 Å². The highest BCUT2D eigenvalue weighted by molar-refractivity contribution is 7.99. The standard InChI is InChI=1S/C15H20F3NOS/c1-10(2)21-9-11-4-12(15(16,17)18)6-13(5-11)19-7-14(8-19)20-3/h4-6,10,14H,7-9H2,1-3H3. The zero-order valence-electron chi connectivity index (χ0n) is 12.4. The molecule has 6 heteroatoms. The van der Waals surface area contributed by atoms with Crippen LogP contribution in [0.4, 0.5) is 18.9 Å². The second kappa shape index (κ2) is 6.48. The van der Waals surface area contributed by atoms with Crippen LogP contribution in [0.1, 0.15) is 25.0 Å². The number of methoxy groups -OCH3 is 1. The highest BCUT2D eigenvalue weighted by atomic mass is 32.2. The molecule has 1 fully saturated rings. The fourth-order valence-corrected chi connectivity index (χ4v) is 2.86. The first-order valence-electron chi connectivity index (χ1n) is 6.90. The predicted molar refractivity (Wildman–Crippen MR) is 80.9 cm³/mol. The summed E-state index contributed by atoms with van der Waals surface area (Å²) < 4.78 is 44.3. The molecule has 2 rings (SSSR count). The molecule has 0 saturated carbocycles. The molecule has 21 heavy (non-hydrogen) atoms. The van der Waals surface area contributed by atoms with Gasteiger partial charge in [-0.05, 0) is 29.0 Å². The van der Waals surface area contributed by atoms with Crippen molar-refractivity contribution in [3.8, 4) is 0 Å². The molecule has 0 bridgehead atoms. The first-order valence-corrected chi connectivity index (χ1v) is 7.95. The van der Waals surface area contributed by atoms with Crippen molar-refractivity contribution in [1.29, 1.82) is 0 Å². The van der Waals surface area contributed by atoms with Crippen molar-refractivity contribution in [2.24, 2.45) is 0 Å². The quantitative estimate of drug-likeness (QED) is 0.808. The van der Waals surface area contributed by atoms with E-state index in [1.165, 1.54) is 12.1 Å². The van der Waals surface area contributed by atoms with Crippen LogP contribution < -0.4 is 4.90 Å². The van der Waals surface area contributed by atoms with Crippen molar-refractivity contribution >= 4 is 17.4 Å². The molecule has 0 aromatic heterocycles. The minimum Gasteiger partial charge on any atom is -0.378 e. The Morgan fingerprint density at radius 2 is 1.95 bits per heavy atom. The molecule has 118 valence electrons. The number of nitrogens with zero attached hydrogens (tertiary/aromatic N) is 1. The van der Waals surface area contributed by atoms with E-state index >= 15 is 0 Å². The van der Waals surface area contributed by atoms with Crippen LogP contribution in [-0.2, 0) is 16.7 Å². The third-order valence-electron chi connectivity index (χ3n) is 3.43. The molecule has 1 aliphatic heterocycles. The molecule has 2 nitrogen and oxygen atoms in total. The lowest BCUT2D eigenvalue weighted by Gasteiger charge is -2.40. The van der Waals surface area contributed by atoms with Crippen molar-refractivity contribution in [3.63, 3.8) is 0 Å². The van der Waals surface area contributed by atoms with Crippen LogP contribution in [0.25, 0.3) is 0 Å². The third kappa shape index (κ3) is 4.30. The van der Waals surface area contributed by atoms with Gasteiger partial charge in [-0.2, -0.15) is 24.9 Å². The number of halogens is 3. The number of thioether (sulfide) groups is 1. The second-order valence-electron chi connectivity index (χ2n) is 5.51. The van der Waals surface area contributed by atoms with Gasteiger partial charge in [0.1, 0.15) is 0 Å². The number of ether oxygens (including phenoxy) is 1. The van der Waals surface area contributed by atoms with Crippen LogP contribution in [0.2, 0.25) is 0 Å². The van der Waals surface area contributed by atoms with E-state index in [0.29, 0.717) is 29.8 Å². The summed E-state index contributed by atoms with van der Waals surface area (Å²) in [5, 5.41) is 0.393. The van der Waals surface area contributed by atoms with E-state index in [1.54, 1.807) is 18.9 Å². The van der Waals surface area contributed by atoms with E-state index in [2.05, 4.69) is 0 Å². The van der Waals surface area contributed by atoms with Gasteiger partial charge in [0.25, 0.3) is 0 Å². The molecule has 1 heterocycles. The van der Waals surface area contributed by atoms with Crippen LogP contribution in [0.15, 0.2) is 18.2 Å². The maximum atomic E-state index is 13.0. The first kappa shape index (κ1) is 16.5. The van der Waals surface area contributed by atoms with E-state index < -0.39 is 11.7 Å². The predicted octanol–water partition coefficient (Wildman–Crippen LogP) is 4.18. The van der Waals surface area contributed by atoms with E-state index in [4.69, 9.17) is 4.74 Å². The molecule has 0 radical (unpaired) electrons. The topological polar surface area (TPSA) is 12.5 Å². The lowest BCUT2D eigenvalue weighted by Crippen LogP contribution is -2.52. The van der Waals surface area contributed by atoms with Crippen LogP contribution in [0, 0.1) is 0 Å². The summed E-state index contributed by atoms with van der Waals surface area (Å²) in [6, 6.07) is 4.35. The van der Waals surface area contributed by atoms with Crippen molar-refractivity contribution < 1.29 is 17.9 Å². The third-order valence-corrected chi connectivity index (χ3v) is 4.60. The highest BCUT2D eigenvalue weighted by Gasteiger charge is 2.33. The lowest BCUT2D eigenvalue weighted by atomic mass is 10.1. The molecule has 1 aliphatic rings. The number of anilines is 1. The zero-order valence-corrected chi connectivity index (χ0v) is 13.2. The highest BCUT2D eigenvalue weighted by Crippen LogP contribution is 2.35. The van der Waals surface area contributed by atoms with Gasteiger partial charge in [0, 0.05) is 31.6 Å². The van der Waals surface area contributed by atoms with Crippen molar-refractivity contribution in [2.45, 2.75) is 37.1 Å². The van der Waals surface area contributed by atoms with Crippen molar-refractivity contribution in [2.75, 3.05) is 25.1 Å². The normalized spacial score (nSPS) is 16.4. The van der Waals surface area contributed by atoms with Gasteiger partial charge in [-0.25, -0.2) is 0 Å². The maximum absolute atomic E-state index is 13.0. The summed E-state index contributed by atoms with van der Waals surface area (Å²) in [6.07, 6.45) is -4.19. The number of benzene rings is 1. The Labute approximate surface area is 127 Å². The van der Waals surface area contributed by atoms with Crippen molar-refractivity contribution in [1.82, 2.24) is 0 Å². The largest absolute Gasteiger partial charge is 0.416 e. The van der Waals surface area contributed by atoms with E-state index in [0.717, 1.165) is 5.56 Å². The van der Waals surface area contributed by atoms with Crippen molar-refractivity contribution in [3.05, 3.63) is 29.3 Å². The second-order valence-corrected chi connectivity index (χ2v) is 7.07. The average Bonchev–Trinajstić information content (AvgIpc) is 2.34. The maximum Gasteiger partial charge on any atom is 0.416 e. The average molecular weight is 319 g/mol. The molecule has 0 N–H and O–H groups in total. The summed E-state index contributed by atoms with van der Waals surface area (Å²) in [5.74, 6) is 0.593. The first-order chi connectivity index (χ1) is 9.79. The summed E-state index contributed by atoms with van der Waals surface area (Å²) >= 11 is 1.64. The molecule has 0 amide bonds. The minimum atomic E-state index is -4.31. The van der Waals surface area contributed by atoms with Gasteiger partial charge in [-0.15, -0.1) is 0 Å². The Hall–Kier alpha value is -0.880. The van der Waals surface area contributed by atoms with E-state index in [-0.39, 0.29) is 6.10 Å². The van der Waals surface area contributed by atoms with Gasteiger partial charge in [-0.1, -0.05) is 13.8 Å². The molecule has 0 aliphatic carbocycles. The molecular formula is C15H20F3NOS. The van der Waals surface area contributed by atoms with Crippen LogP contribution in [0.3, 0.4) is 0 Å². The van der Waals surface area contributed by atoms with Gasteiger partial charge in [0.2, 0.25) is 0 Å². The Morgan fingerprint density at radius 3 is 2.48 bits per heavy atom. The molecule has 0 unspecified atom stereocenters. The Kier molecular flexibility index (Phi) is 5.09. The number of rotatable bonds is 5. The fraction of sp³-hybridized carbons (Fsp3) is 0.600. The SMILES string of the molecule is COC1CN(c2cc(CSC(C)C)cc(C(F)(F)F)c2)C1. The number of hydrogen-bond acceptors (Lipinski definition) is 3. The van der Waals surface area contributed by atoms with Gasteiger partial charge >= 0.3 is 6.18 Å². The molecule has 0 spiro atoms. The molecule has 1 aromatic carbocycles. The zero-order chi connectivity index (χ0) is 15.6. The summed E-state index contributed by atoms with van der Waals surface area (Å²) in [7, 11) is 1.62. The van der Waals surface area contributed by atoms with E-state index in [1.807, 2.05) is 24.8 Å². The van der Waals surface area contributed by atoms with Crippen LogP contribution in [0.5, 0.6) is 0 Å². The van der Waals surface area contributed by atoms with Crippen LogP contribution >= 0.6 is 11.8 Å². The molecular weight excluding hydrogens is 299 g/mol. The summed E-state index contributed by atoms with van der Waals surface area (Å²) in [6.45, 7) is 5.37. The molecule has 1 aromatic rings. The number of alkyl halides is 3. The molecule has 0 atom stereocenters. The number of hydrogen-bond donors (Lipinski definition) is 0. The van der Waals surface area contributed by atoms with Gasteiger partial charge in [0.05, 0.1) is 11.7 Å². The van der Waals surface area contributed by atoms with Gasteiger partial charge in [-0.3, -0.25) is 0 Å². The van der Waals surface area contributed by atoms with Gasteiger partial charge < -0.3 is 9.64 Å². The summed E-state index contributed by atoms with van der Waals surface area (Å²) in [4.78, 5) is 1.92. The Balaban J connectivity index is 2.21. The smallest absolute Gasteiger partial charge is 0.378 e. The van der Waals surface area contributed by atoms with Gasteiger partial charge in [0.15, 0.2) is 0 Å². The lowest BCUT2D eigenvalue weighted by molar-refractivity contribution is -0.137. The summed E-state index contributed by atoms with van der Waals surface area (Å²) in [5.41, 5.74) is 0.789.